The lowest BCUT2D eigenvalue weighted by Gasteiger charge is -2.26. The summed E-state index contributed by atoms with van der Waals surface area (Å²) in [5.41, 5.74) is -0.180. The van der Waals surface area contributed by atoms with E-state index in [4.69, 9.17) is 0 Å². The van der Waals surface area contributed by atoms with E-state index >= 15 is 0 Å². The zero-order valence-corrected chi connectivity index (χ0v) is 13.8. The minimum Gasteiger partial charge on any atom is -0.393 e. The molecule has 1 aromatic heterocycles. The maximum atomic E-state index is 13.0. The Balaban J connectivity index is 0.00000116. The van der Waals surface area contributed by atoms with Crippen LogP contribution in [0.15, 0.2) is 6.07 Å². The number of alkyl halides is 3. The molecule has 1 heterocycles. The minimum atomic E-state index is -4.37. The van der Waals surface area contributed by atoms with E-state index in [9.17, 15) is 18.3 Å². The standard InChI is InChI=1S/C14H21F3N2O.C2H6/c1-9(2)12-7-13(14(15,16)17)19(18-12)8-10-3-5-11(20)6-4-10;1-2/h7,9-11,20H,3-6,8H2,1-2H3;1-2H3. The molecule has 0 spiro atoms. The molecule has 1 aromatic rings. The molecule has 22 heavy (non-hydrogen) atoms. The van der Waals surface area contributed by atoms with Crippen LogP contribution in [0.2, 0.25) is 0 Å². The van der Waals surface area contributed by atoms with E-state index in [1.54, 1.807) is 0 Å². The van der Waals surface area contributed by atoms with Crippen molar-refractivity contribution in [3.05, 3.63) is 17.5 Å². The van der Waals surface area contributed by atoms with Gasteiger partial charge >= 0.3 is 6.18 Å². The van der Waals surface area contributed by atoms with Crippen LogP contribution in [-0.2, 0) is 12.7 Å². The lowest BCUT2D eigenvalue weighted by molar-refractivity contribution is -0.144. The summed E-state index contributed by atoms with van der Waals surface area (Å²) < 4.78 is 40.2. The normalized spacial score (nSPS) is 22.4. The average Bonchev–Trinajstić information content (AvgIpc) is 2.88. The predicted octanol–water partition coefficient (Wildman–Crippen LogP) is 4.60. The van der Waals surface area contributed by atoms with Crippen molar-refractivity contribution in [1.82, 2.24) is 9.78 Å². The van der Waals surface area contributed by atoms with Crippen molar-refractivity contribution in [3.8, 4) is 0 Å². The number of aliphatic hydroxyl groups is 1. The molecule has 1 aliphatic rings. The third-order valence-corrected chi connectivity index (χ3v) is 3.93. The fourth-order valence-electron chi connectivity index (χ4n) is 2.66. The van der Waals surface area contributed by atoms with Crippen LogP contribution in [0.1, 0.15) is 70.7 Å². The Kier molecular flexibility index (Phi) is 6.91. The Hall–Kier alpha value is -1.04. The molecule has 128 valence electrons. The quantitative estimate of drug-likeness (QED) is 0.883. The van der Waals surface area contributed by atoms with E-state index in [2.05, 4.69) is 5.10 Å². The zero-order chi connectivity index (χ0) is 16.9. The highest BCUT2D eigenvalue weighted by molar-refractivity contribution is 5.16. The predicted molar refractivity (Wildman–Crippen MR) is 80.6 cm³/mol. The van der Waals surface area contributed by atoms with Crippen LogP contribution >= 0.6 is 0 Å². The number of rotatable bonds is 3. The van der Waals surface area contributed by atoms with Crippen molar-refractivity contribution in [3.63, 3.8) is 0 Å². The van der Waals surface area contributed by atoms with E-state index in [0.29, 0.717) is 18.5 Å². The third-order valence-electron chi connectivity index (χ3n) is 3.93. The maximum absolute atomic E-state index is 13.0. The van der Waals surface area contributed by atoms with E-state index in [-0.39, 0.29) is 24.5 Å². The van der Waals surface area contributed by atoms with Crippen LogP contribution in [-0.4, -0.2) is 21.0 Å². The van der Waals surface area contributed by atoms with Crippen molar-refractivity contribution in [1.29, 1.82) is 0 Å². The molecule has 3 nitrogen and oxygen atoms in total. The second-order valence-electron chi connectivity index (χ2n) is 5.96. The Morgan fingerprint density at radius 2 is 1.77 bits per heavy atom. The van der Waals surface area contributed by atoms with Crippen LogP contribution in [0, 0.1) is 5.92 Å². The molecule has 0 radical (unpaired) electrons. The highest BCUT2D eigenvalue weighted by atomic mass is 19.4. The number of hydrogen-bond acceptors (Lipinski definition) is 2. The van der Waals surface area contributed by atoms with Crippen LogP contribution in [0.3, 0.4) is 0 Å². The van der Waals surface area contributed by atoms with Gasteiger partial charge in [-0.05, 0) is 43.6 Å². The SMILES string of the molecule is CC.CC(C)c1cc(C(F)(F)F)n(CC2CCC(O)CC2)n1. The van der Waals surface area contributed by atoms with Gasteiger partial charge < -0.3 is 5.11 Å². The molecule has 0 aromatic carbocycles. The maximum Gasteiger partial charge on any atom is 0.433 e. The van der Waals surface area contributed by atoms with Crippen molar-refractivity contribution in [2.75, 3.05) is 0 Å². The molecule has 0 aliphatic heterocycles. The van der Waals surface area contributed by atoms with E-state index < -0.39 is 11.9 Å². The number of aromatic nitrogens is 2. The van der Waals surface area contributed by atoms with Gasteiger partial charge in [0, 0.05) is 6.54 Å². The molecule has 0 saturated heterocycles. The number of hydrogen-bond donors (Lipinski definition) is 1. The Labute approximate surface area is 130 Å². The molecule has 0 bridgehead atoms. The minimum absolute atomic E-state index is 0.0227. The van der Waals surface area contributed by atoms with Crippen LogP contribution < -0.4 is 0 Å². The molecule has 0 atom stereocenters. The van der Waals surface area contributed by atoms with Gasteiger partial charge in [0.2, 0.25) is 0 Å². The largest absolute Gasteiger partial charge is 0.433 e. The molecule has 0 amide bonds. The zero-order valence-electron chi connectivity index (χ0n) is 13.8. The molecule has 0 unspecified atom stereocenters. The first-order valence-electron chi connectivity index (χ1n) is 8.10. The van der Waals surface area contributed by atoms with Gasteiger partial charge in [0.15, 0.2) is 0 Å². The van der Waals surface area contributed by atoms with Gasteiger partial charge in [-0.2, -0.15) is 18.3 Å². The van der Waals surface area contributed by atoms with Crippen LogP contribution in [0.25, 0.3) is 0 Å². The Morgan fingerprint density at radius 3 is 2.23 bits per heavy atom. The van der Waals surface area contributed by atoms with E-state index in [0.717, 1.165) is 23.6 Å². The number of aliphatic hydroxyl groups excluding tert-OH is 1. The smallest absolute Gasteiger partial charge is 0.393 e. The molecule has 6 heteroatoms. The number of nitrogens with zero attached hydrogens (tertiary/aromatic N) is 2. The highest BCUT2D eigenvalue weighted by Crippen LogP contribution is 2.33. The first kappa shape index (κ1) is 19.0. The van der Waals surface area contributed by atoms with Crippen molar-refractivity contribution in [2.24, 2.45) is 5.92 Å². The molecular weight excluding hydrogens is 293 g/mol. The summed E-state index contributed by atoms with van der Waals surface area (Å²) in [7, 11) is 0. The van der Waals surface area contributed by atoms with Gasteiger partial charge in [0.25, 0.3) is 0 Å². The van der Waals surface area contributed by atoms with Gasteiger partial charge in [-0.1, -0.05) is 27.7 Å². The highest BCUT2D eigenvalue weighted by Gasteiger charge is 2.36. The van der Waals surface area contributed by atoms with Crippen molar-refractivity contribution >= 4 is 0 Å². The number of halogens is 3. The van der Waals surface area contributed by atoms with Gasteiger partial charge in [0.1, 0.15) is 5.69 Å². The Morgan fingerprint density at radius 1 is 1.23 bits per heavy atom. The lowest BCUT2D eigenvalue weighted by atomic mass is 9.87. The second kappa shape index (κ2) is 7.99. The average molecular weight is 320 g/mol. The van der Waals surface area contributed by atoms with Gasteiger partial charge in [-0.25, -0.2) is 0 Å². The summed E-state index contributed by atoms with van der Waals surface area (Å²) in [6.07, 6.45) is -1.80. The summed E-state index contributed by atoms with van der Waals surface area (Å²) in [5.74, 6) is 0.143. The van der Waals surface area contributed by atoms with Crippen molar-refractivity contribution < 1.29 is 18.3 Å². The summed E-state index contributed by atoms with van der Waals surface area (Å²) >= 11 is 0. The van der Waals surface area contributed by atoms with Gasteiger partial charge in [-0.15, -0.1) is 0 Å². The third kappa shape index (κ3) is 5.00. The fourth-order valence-corrected chi connectivity index (χ4v) is 2.66. The molecule has 1 fully saturated rings. The Bertz CT molecular complexity index is 447. The molecule has 1 aliphatic carbocycles. The van der Waals surface area contributed by atoms with Crippen LogP contribution in [0.5, 0.6) is 0 Å². The van der Waals surface area contributed by atoms with Crippen molar-refractivity contribution in [2.45, 2.75) is 78.1 Å². The molecule has 2 rings (SSSR count). The fraction of sp³-hybridized carbons (Fsp3) is 0.812. The molecule has 1 N–H and O–H groups in total. The summed E-state index contributed by atoms with van der Waals surface area (Å²) in [6.45, 7) is 7.96. The summed E-state index contributed by atoms with van der Waals surface area (Å²) in [4.78, 5) is 0. The molecular formula is C16H27F3N2O. The second-order valence-corrected chi connectivity index (χ2v) is 5.96. The summed E-state index contributed by atoms with van der Waals surface area (Å²) in [5, 5.41) is 13.6. The van der Waals surface area contributed by atoms with Gasteiger partial charge in [-0.3, -0.25) is 4.68 Å². The molecule has 1 saturated carbocycles. The van der Waals surface area contributed by atoms with Gasteiger partial charge in [0.05, 0.1) is 11.8 Å². The monoisotopic (exact) mass is 320 g/mol. The first-order valence-corrected chi connectivity index (χ1v) is 8.10. The topological polar surface area (TPSA) is 38.0 Å². The van der Waals surface area contributed by atoms with Crippen LogP contribution in [0.4, 0.5) is 13.2 Å². The first-order chi connectivity index (χ1) is 10.3. The van der Waals surface area contributed by atoms with E-state index in [1.165, 1.54) is 0 Å². The summed E-state index contributed by atoms with van der Waals surface area (Å²) in [6, 6.07) is 1.16. The van der Waals surface area contributed by atoms with E-state index in [1.807, 2.05) is 27.7 Å². The lowest BCUT2D eigenvalue weighted by Crippen LogP contribution is -2.24.